The summed E-state index contributed by atoms with van der Waals surface area (Å²) in [6, 6.07) is 10.6. The van der Waals surface area contributed by atoms with Gasteiger partial charge in [0, 0.05) is 10.0 Å². The molecular formula is C18H18Cl2N4O4S2. The maximum atomic E-state index is 13.3. The van der Waals surface area contributed by atoms with E-state index in [0.29, 0.717) is 25.4 Å². The quantitative estimate of drug-likeness (QED) is 0.505. The Bertz CT molecular complexity index is 1180. The number of nitrogens with zero attached hydrogens (tertiary/aromatic N) is 4. The summed E-state index contributed by atoms with van der Waals surface area (Å²) in [6.07, 6.45) is 0. The first kappa shape index (κ1) is 22.7. The molecule has 30 heavy (non-hydrogen) atoms. The summed E-state index contributed by atoms with van der Waals surface area (Å²) in [4.78, 5) is 3.76. The zero-order valence-electron chi connectivity index (χ0n) is 16.0. The Kier molecular flexibility index (Phi) is 6.54. The lowest BCUT2D eigenvalue weighted by atomic mass is 10.4. The van der Waals surface area contributed by atoms with E-state index in [2.05, 4.69) is 10.1 Å². The van der Waals surface area contributed by atoms with Crippen molar-refractivity contribution in [2.24, 2.45) is 0 Å². The van der Waals surface area contributed by atoms with Crippen LogP contribution in [-0.2, 0) is 26.6 Å². The Morgan fingerprint density at radius 1 is 0.833 bits per heavy atom. The van der Waals surface area contributed by atoms with Crippen LogP contribution in [0.2, 0.25) is 10.0 Å². The van der Waals surface area contributed by atoms with Crippen molar-refractivity contribution < 1.29 is 16.8 Å². The molecule has 0 N–H and O–H groups in total. The predicted molar refractivity (Wildman–Crippen MR) is 113 cm³/mol. The average molecular weight is 489 g/mol. The van der Waals surface area contributed by atoms with Crippen molar-refractivity contribution in [2.45, 2.75) is 30.2 Å². The minimum absolute atomic E-state index is 0.00763. The first-order valence-electron chi connectivity index (χ1n) is 8.69. The van der Waals surface area contributed by atoms with Crippen molar-refractivity contribution in [1.29, 1.82) is 0 Å². The smallest absolute Gasteiger partial charge is 0.249 e. The van der Waals surface area contributed by atoms with Gasteiger partial charge in [-0.15, -0.1) is 0 Å². The summed E-state index contributed by atoms with van der Waals surface area (Å²) in [5.41, 5.74) is 0. The van der Waals surface area contributed by atoms with Gasteiger partial charge < -0.3 is 0 Å². The van der Waals surface area contributed by atoms with E-state index in [1.807, 2.05) is 0 Å². The van der Waals surface area contributed by atoms with Crippen molar-refractivity contribution in [2.75, 3.05) is 6.54 Å². The van der Waals surface area contributed by atoms with Crippen LogP contribution >= 0.6 is 23.2 Å². The topological polar surface area (TPSA) is 102 Å². The lowest BCUT2D eigenvalue weighted by Gasteiger charge is -2.22. The first-order valence-corrected chi connectivity index (χ1v) is 12.3. The molecule has 0 spiro atoms. The summed E-state index contributed by atoms with van der Waals surface area (Å²) >= 11 is 11.7. The number of benzene rings is 2. The fourth-order valence-corrected chi connectivity index (χ4v) is 6.64. The zero-order chi connectivity index (χ0) is 22.1. The Hall–Kier alpha value is -1.98. The number of sulfonamides is 2. The number of aromatic nitrogens is 3. The van der Waals surface area contributed by atoms with Crippen molar-refractivity contribution >= 4 is 43.2 Å². The summed E-state index contributed by atoms with van der Waals surface area (Å²) in [7, 11) is -8.84. The molecule has 160 valence electrons. The molecule has 0 atom stereocenters. The van der Waals surface area contributed by atoms with Crippen LogP contribution in [0.15, 0.2) is 58.3 Å². The summed E-state index contributed by atoms with van der Waals surface area (Å²) in [5.74, 6) is 1.04. The highest BCUT2D eigenvalue weighted by Crippen LogP contribution is 2.26. The van der Waals surface area contributed by atoms with Crippen LogP contribution in [-0.4, -0.2) is 41.9 Å². The van der Waals surface area contributed by atoms with Crippen molar-refractivity contribution in [3.63, 3.8) is 0 Å². The number of hydrogen-bond acceptors (Lipinski definition) is 6. The normalized spacial score (nSPS) is 12.4. The molecule has 0 aliphatic heterocycles. The van der Waals surface area contributed by atoms with Crippen LogP contribution in [0.1, 0.15) is 11.6 Å². The van der Waals surface area contributed by atoms with Crippen molar-refractivity contribution in [3.8, 4) is 0 Å². The second-order valence-corrected chi connectivity index (χ2v) is 11.2. The molecule has 0 aliphatic rings. The van der Waals surface area contributed by atoms with Gasteiger partial charge in [0.25, 0.3) is 20.0 Å². The van der Waals surface area contributed by atoms with E-state index in [-0.39, 0.29) is 22.9 Å². The minimum atomic E-state index is -4.42. The van der Waals surface area contributed by atoms with Gasteiger partial charge in [-0.2, -0.15) is 5.10 Å². The molecule has 0 aliphatic carbocycles. The molecule has 1 heterocycles. The van der Waals surface area contributed by atoms with Gasteiger partial charge in [-0.05, 0) is 62.4 Å². The molecule has 0 radical (unpaired) electrons. The first-order chi connectivity index (χ1) is 14.0. The minimum Gasteiger partial charge on any atom is -0.249 e. The summed E-state index contributed by atoms with van der Waals surface area (Å²) in [5, 5.41) is 4.83. The van der Waals surface area contributed by atoms with Gasteiger partial charge in [0.1, 0.15) is 11.6 Å². The second-order valence-electron chi connectivity index (χ2n) is 6.34. The third-order valence-corrected chi connectivity index (χ3v) is 9.07. The number of hydrogen-bond donors (Lipinski definition) is 0. The fourth-order valence-electron chi connectivity index (χ4n) is 2.77. The molecule has 0 fully saturated rings. The molecule has 0 saturated heterocycles. The van der Waals surface area contributed by atoms with E-state index in [0.717, 1.165) is 0 Å². The monoisotopic (exact) mass is 488 g/mol. The Morgan fingerprint density at radius 2 is 1.27 bits per heavy atom. The second kappa shape index (κ2) is 8.64. The molecule has 0 bridgehead atoms. The summed E-state index contributed by atoms with van der Waals surface area (Å²) < 4.78 is 55.0. The van der Waals surface area contributed by atoms with Crippen LogP contribution in [0, 0.1) is 13.8 Å². The highest BCUT2D eigenvalue weighted by Gasteiger charge is 2.36. The molecule has 0 saturated carbocycles. The zero-order valence-corrected chi connectivity index (χ0v) is 19.2. The highest BCUT2D eigenvalue weighted by atomic mass is 35.5. The molecule has 1 aromatic heterocycles. The van der Waals surface area contributed by atoms with Gasteiger partial charge >= 0.3 is 0 Å². The largest absolute Gasteiger partial charge is 0.256 e. The van der Waals surface area contributed by atoms with E-state index in [9.17, 15) is 16.8 Å². The third-order valence-electron chi connectivity index (χ3n) is 4.22. The molecule has 8 nitrogen and oxygen atoms in total. The van der Waals surface area contributed by atoms with E-state index in [4.69, 9.17) is 23.2 Å². The lowest BCUT2D eigenvalue weighted by molar-refractivity contribution is 0.462. The molecule has 12 heteroatoms. The number of rotatable bonds is 7. The maximum absolute atomic E-state index is 13.3. The lowest BCUT2D eigenvalue weighted by Crippen LogP contribution is -2.39. The van der Waals surface area contributed by atoms with E-state index < -0.39 is 20.0 Å². The molecule has 0 amide bonds. The van der Waals surface area contributed by atoms with Crippen LogP contribution in [0.4, 0.5) is 0 Å². The van der Waals surface area contributed by atoms with E-state index in [1.54, 1.807) is 13.8 Å². The van der Waals surface area contributed by atoms with Gasteiger partial charge in [-0.1, -0.05) is 26.9 Å². The molecule has 3 rings (SSSR count). The van der Waals surface area contributed by atoms with Crippen LogP contribution < -0.4 is 0 Å². The number of aryl methyl sites for hydroxylation is 2. The highest BCUT2D eigenvalue weighted by molar-refractivity contribution is 8.04. The van der Waals surface area contributed by atoms with Gasteiger partial charge in [-0.3, -0.25) is 0 Å². The van der Waals surface area contributed by atoms with Crippen molar-refractivity contribution in [3.05, 3.63) is 70.2 Å². The van der Waals surface area contributed by atoms with Gasteiger partial charge in [0.05, 0.1) is 22.9 Å². The van der Waals surface area contributed by atoms with Crippen LogP contribution in [0.5, 0.6) is 0 Å². The SMILES string of the molecule is Cc1nc(C)n(CCN(S(=O)(=O)c2ccc(Cl)cc2)S(=O)(=O)c2ccc(Cl)cc2)n1. The molecule has 2 aromatic carbocycles. The Balaban J connectivity index is 2.06. The number of halogens is 2. The van der Waals surface area contributed by atoms with Gasteiger partial charge in [0.2, 0.25) is 0 Å². The molecular weight excluding hydrogens is 471 g/mol. The van der Waals surface area contributed by atoms with E-state index in [1.165, 1.54) is 53.2 Å². The summed E-state index contributed by atoms with van der Waals surface area (Å²) in [6.45, 7) is 3.01. The predicted octanol–water partition coefficient (Wildman–Crippen LogP) is 3.28. The maximum Gasteiger partial charge on any atom is 0.256 e. The van der Waals surface area contributed by atoms with Gasteiger partial charge in [-0.25, -0.2) is 26.5 Å². The van der Waals surface area contributed by atoms with Gasteiger partial charge in [0.15, 0.2) is 0 Å². The fraction of sp³-hybridized carbons (Fsp3) is 0.222. The standard InChI is InChI=1S/C18H18Cl2N4O4S2/c1-13-21-14(2)23(22-13)11-12-24(29(25,26)17-7-3-15(19)4-8-17)30(27,28)18-9-5-16(20)6-10-18/h3-10H,11-12H2,1-2H3. The molecule has 3 aromatic rings. The van der Waals surface area contributed by atoms with E-state index >= 15 is 0 Å². The Morgan fingerprint density at radius 3 is 1.63 bits per heavy atom. The van der Waals surface area contributed by atoms with Crippen LogP contribution in [0.3, 0.4) is 0 Å². The van der Waals surface area contributed by atoms with Crippen LogP contribution in [0.25, 0.3) is 0 Å². The molecule has 0 unspecified atom stereocenters. The average Bonchev–Trinajstić information content (AvgIpc) is 2.99. The Labute approximate surface area is 185 Å². The third kappa shape index (κ3) is 4.68. The van der Waals surface area contributed by atoms with Crippen molar-refractivity contribution in [1.82, 2.24) is 18.5 Å².